The Balaban J connectivity index is 1.64. The van der Waals surface area contributed by atoms with E-state index in [1.807, 2.05) is 37.3 Å². The molecule has 134 valence electrons. The van der Waals surface area contributed by atoms with E-state index >= 15 is 0 Å². The van der Waals surface area contributed by atoms with Gasteiger partial charge in [-0.1, -0.05) is 43.1 Å². The lowest BCUT2D eigenvalue weighted by atomic mass is 10.1. The summed E-state index contributed by atoms with van der Waals surface area (Å²) in [6.45, 7) is 4.11. The number of hydrogen-bond donors (Lipinski definition) is 2. The standard InChI is InChI=1S/C18H23ClN4O2/c1-3-7-13-10-16(21-20-13)18(24)25-11-15-12(2)22-23(17(15)19)14-8-5-4-6-9-14/h4-6,8-9,13,16,20-21H,3,7,10-11H2,1-2H3. The van der Waals surface area contributed by atoms with Crippen molar-refractivity contribution >= 4 is 17.6 Å². The topological polar surface area (TPSA) is 68.2 Å². The molecule has 1 aliphatic heterocycles. The molecule has 1 saturated heterocycles. The fourth-order valence-electron chi connectivity index (χ4n) is 2.99. The van der Waals surface area contributed by atoms with Crippen LogP contribution in [0.3, 0.4) is 0 Å². The Morgan fingerprint density at radius 2 is 2.12 bits per heavy atom. The van der Waals surface area contributed by atoms with Gasteiger partial charge < -0.3 is 4.74 Å². The van der Waals surface area contributed by atoms with Crippen LogP contribution in [0.5, 0.6) is 0 Å². The van der Waals surface area contributed by atoms with E-state index in [0.29, 0.717) is 11.2 Å². The molecular weight excluding hydrogens is 340 g/mol. The number of nitrogens with zero attached hydrogens (tertiary/aromatic N) is 2. The van der Waals surface area contributed by atoms with Crippen molar-refractivity contribution in [3.8, 4) is 5.69 Å². The van der Waals surface area contributed by atoms with Crippen LogP contribution in [-0.2, 0) is 16.1 Å². The van der Waals surface area contributed by atoms with Gasteiger partial charge in [0, 0.05) is 11.6 Å². The Hall–Kier alpha value is -1.89. The number of rotatable bonds is 6. The number of hydrazine groups is 1. The molecule has 1 aromatic heterocycles. The Morgan fingerprint density at radius 3 is 2.84 bits per heavy atom. The third-order valence-electron chi connectivity index (χ3n) is 4.38. The monoisotopic (exact) mass is 362 g/mol. The summed E-state index contributed by atoms with van der Waals surface area (Å²) in [4.78, 5) is 12.3. The minimum absolute atomic E-state index is 0.118. The lowest BCUT2D eigenvalue weighted by Gasteiger charge is -2.10. The van der Waals surface area contributed by atoms with E-state index in [9.17, 15) is 4.79 Å². The number of halogens is 1. The van der Waals surface area contributed by atoms with Crippen LogP contribution >= 0.6 is 11.6 Å². The van der Waals surface area contributed by atoms with Gasteiger partial charge in [-0.3, -0.25) is 10.2 Å². The van der Waals surface area contributed by atoms with E-state index in [-0.39, 0.29) is 18.6 Å². The first-order valence-corrected chi connectivity index (χ1v) is 8.95. The zero-order valence-corrected chi connectivity index (χ0v) is 15.2. The minimum Gasteiger partial charge on any atom is -0.459 e. The number of nitrogens with one attached hydrogen (secondary N) is 2. The molecule has 0 saturated carbocycles. The zero-order valence-electron chi connectivity index (χ0n) is 14.5. The predicted octanol–water partition coefficient (Wildman–Crippen LogP) is 2.91. The summed E-state index contributed by atoms with van der Waals surface area (Å²) in [5.74, 6) is -0.269. The number of benzene rings is 1. The van der Waals surface area contributed by atoms with Crippen molar-refractivity contribution in [1.29, 1.82) is 0 Å². The van der Waals surface area contributed by atoms with Crippen LogP contribution in [0.15, 0.2) is 30.3 Å². The second-order valence-electron chi connectivity index (χ2n) is 6.27. The maximum absolute atomic E-state index is 12.3. The normalized spacial score (nSPS) is 20.0. The van der Waals surface area contributed by atoms with E-state index in [1.165, 1.54) is 0 Å². The van der Waals surface area contributed by atoms with Crippen molar-refractivity contribution in [3.05, 3.63) is 46.7 Å². The molecular formula is C18H23ClN4O2. The van der Waals surface area contributed by atoms with Gasteiger partial charge in [0.2, 0.25) is 0 Å². The maximum atomic E-state index is 12.3. The summed E-state index contributed by atoms with van der Waals surface area (Å²) in [7, 11) is 0. The van der Waals surface area contributed by atoms with Gasteiger partial charge in [-0.15, -0.1) is 0 Å². The van der Waals surface area contributed by atoms with Crippen LogP contribution in [0.2, 0.25) is 5.15 Å². The number of ether oxygens (including phenoxy) is 1. The third-order valence-corrected chi connectivity index (χ3v) is 4.77. The molecule has 0 amide bonds. The predicted molar refractivity (Wildman–Crippen MR) is 96.5 cm³/mol. The van der Waals surface area contributed by atoms with Crippen LogP contribution in [0.4, 0.5) is 0 Å². The molecule has 7 heteroatoms. The fourth-order valence-corrected chi connectivity index (χ4v) is 3.32. The van der Waals surface area contributed by atoms with Crippen molar-refractivity contribution in [2.75, 3.05) is 0 Å². The zero-order chi connectivity index (χ0) is 17.8. The minimum atomic E-state index is -0.320. The van der Waals surface area contributed by atoms with Crippen LogP contribution in [-0.4, -0.2) is 27.8 Å². The molecule has 2 heterocycles. The molecule has 2 N–H and O–H groups in total. The Labute approximate surface area is 152 Å². The molecule has 2 aromatic rings. The van der Waals surface area contributed by atoms with Crippen LogP contribution < -0.4 is 10.9 Å². The summed E-state index contributed by atoms with van der Waals surface area (Å²) in [6.07, 6.45) is 2.85. The van der Waals surface area contributed by atoms with Crippen LogP contribution in [0, 0.1) is 6.92 Å². The SMILES string of the molecule is CCCC1CC(C(=O)OCc2c(C)nn(-c3ccccc3)c2Cl)NN1. The highest BCUT2D eigenvalue weighted by Gasteiger charge is 2.30. The number of aromatic nitrogens is 2. The van der Waals surface area contributed by atoms with Crippen molar-refractivity contribution in [3.63, 3.8) is 0 Å². The third kappa shape index (κ3) is 4.03. The Kier molecular flexibility index (Phi) is 5.73. The highest BCUT2D eigenvalue weighted by Crippen LogP contribution is 2.24. The van der Waals surface area contributed by atoms with E-state index in [1.54, 1.807) is 4.68 Å². The average Bonchev–Trinajstić information content (AvgIpc) is 3.19. The lowest BCUT2D eigenvalue weighted by Crippen LogP contribution is -2.38. The van der Waals surface area contributed by atoms with E-state index in [2.05, 4.69) is 22.9 Å². The molecule has 3 rings (SSSR count). The van der Waals surface area contributed by atoms with Crippen molar-refractivity contribution in [1.82, 2.24) is 20.6 Å². The van der Waals surface area contributed by atoms with Gasteiger partial charge >= 0.3 is 5.97 Å². The first kappa shape index (κ1) is 17.9. The Morgan fingerprint density at radius 1 is 1.36 bits per heavy atom. The summed E-state index contributed by atoms with van der Waals surface area (Å²) < 4.78 is 7.13. The average molecular weight is 363 g/mol. The van der Waals surface area contributed by atoms with Gasteiger partial charge in [0.25, 0.3) is 0 Å². The molecule has 0 bridgehead atoms. The molecule has 0 radical (unpaired) electrons. The van der Waals surface area contributed by atoms with Crippen molar-refractivity contribution in [2.24, 2.45) is 0 Å². The molecule has 25 heavy (non-hydrogen) atoms. The number of aryl methyl sites for hydroxylation is 1. The van der Waals surface area contributed by atoms with Crippen LogP contribution in [0.25, 0.3) is 5.69 Å². The molecule has 1 fully saturated rings. The second-order valence-corrected chi connectivity index (χ2v) is 6.63. The summed E-state index contributed by atoms with van der Waals surface area (Å²) in [5, 5.41) is 4.93. The smallest absolute Gasteiger partial charge is 0.324 e. The molecule has 1 aromatic carbocycles. The maximum Gasteiger partial charge on any atom is 0.324 e. The number of carbonyl (C=O) groups excluding carboxylic acids is 1. The highest BCUT2D eigenvalue weighted by molar-refractivity contribution is 6.30. The highest BCUT2D eigenvalue weighted by atomic mass is 35.5. The molecule has 6 nitrogen and oxygen atoms in total. The van der Waals surface area contributed by atoms with E-state index in [4.69, 9.17) is 16.3 Å². The number of carbonyl (C=O) groups is 1. The fraction of sp³-hybridized carbons (Fsp3) is 0.444. The van der Waals surface area contributed by atoms with Crippen molar-refractivity contribution in [2.45, 2.75) is 51.8 Å². The first-order valence-electron chi connectivity index (χ1n) is 8.57. The molecule has 0 aliphatic carbocycles. The van der Waals surface area contributed by atoms with Crippen LogP contribution in [0.1, 0.15) is 37.4 Å². The first-order chi connectivity index (χ1) is 12.1. The summed E-state index contributed by atoms with van der Waals surface area (Å²) in [5.41, 5.74) is 8.51. The van der Waals surface area contributed by atoms with Gasteiger partial charge in [-0.2, -0.15) is 5.10 Å². The molecule has 2 atom stereocenters. The second kappa shape index (κ2) is 7.99. The lowest BCUT2D eigenvalue weighted by molar-refractivity contribution is -0.147. The van der Waals surface area contributed by atoms with Gasteiger partial charge in [-0.25, -0.2) is 10.1 Å². The number of para-hydroxylation sites is 1. The molecule has 1 aliphatic rings. The largest absolute Gasteiger partial charge is 0.459 e. The van der Waals surface area contributed by atoms with Crippen molar-refractivity contribution < 1.29 is 9.53 Å². The van der Waals surface area contributed by atoms with Gasteiger partial charge in [0.1, 0.15) is 17.8 Å². The number of hydrogen-bond acceptors (Lipinski definition) is 5. The van der Waals surface area contributed by atoms with E-state index in [0.717, 1.165) is 36.2 Å². The van der Waals surface area contributed by atoms with Gasteiger partial charge in [0.15, 0.2) is 0 Å². The van der Waals surface area contributed by atoms with Gasteiger partial charge in [0.05, 0.1) is 11.4 Å². The quantitative estimate of drug-likeness (QED) is 0.773. The van der Waals surface area contributed by atoms with E-state index < -0.39 is 0 Å². The van der Waals surface area contributed by atoms with Gasteiger partial charge in [-0.05, 0) is 31.9 Å². The number of esters is 1. The summed E-state index contributed by atoms with van der Waals surface area (Å²) >= 11 is 6.45. The Bertz CT molecular complexity index is 732. The summed E-state index contributed by atoms with van der Waals surface area (Å²) in [6, 6.07) is 9.63. The molecule has 0 spiro atoms. The molecule has 2 unspecified atom stereocenters.